The molecule has 1 unspecified atom stereocenters. The van der Waals surface area contributed by atoms with Crippen LogP contribution in [0, 0.1) is 13.8 Å². The molecule has 0 aliphatic carbocycles. The van der Waals surface area contributed by atoms with E-state index in [4.69, 9.17) is 9.47 Å². The molecule has 0 bridgehead atoms. The monoisotopic (exact) mass is 398 g/mol. The van der Waals surface area contributed by atoms with E-state index in [1.54, 1.807) is 18.2 Å². The maximum atomic E-state index is 12.5. The van der Waals surface area contributed by atoms with E-state index in [1.807, 2.05) is 39.0 Å². The molecule has 0 aromatic heterocycles. The number of quaternary nitrogens is 1. The summed E-state index contributed by atoms with van der Waals surface area (Å²) in [6.07, 6.45) is 0. The zero-order valence-electron chi connectivity index (χ0n) is 17.1. The highest BCUT2D eigenvalue weighted by Gasteiger charge is 2.19. The average Bonchev–Trinajstić information content (AvgIpc) is 2.70. The summed E-state index contributed by atoms with van der Waals surface area (Å²) < 4.78 is 11.0. The van der Waals surface area contributed by atoms with Crippen LogP contribution >= 0.6 is 0 Å². The number of fused-ring (bicyclic) bond motifs is 1. The lowest BCUT2D eigenvalue weighted by Gasteiger charge is -2.20. The molecule has 1 aliphatic rings. The molecule has 0 spiro atoms. The Kier molecular flexibility index (Phi) is 6.72. The van der Waals surface area contributed by atoms with Crippen molar-refractivity contribution in [2.75, 3.05) is 43.5 Å². The fraction of sp³-hybridized carbons (Fsp3) is 0.364. The standard InChI is InChI=1S/C22H27N3O4/c1-4-25(14-21(27)24-22-15(2)6-5-7-16(22)3)13-20(26)23-17-8-9-18-19(12-17)29-11-10-28-18/h5-9,12H,4,10-11,13-14H2,1-3H3,(H,23,26)(H,24,27)/p+1. The zero-order chi connectivity index (χ0) is 20.8. The first-order chi connectivity index (χ1) is 14.0. The van der Waals surface area contributed by atoms with E-state index in [2.05, 4.69) is 10.6 Å². The fourth-order valence-electron chi connectivity index (χ4n) is 3.29. The van der Waals surface area contributed by atoms with Crippen LogP contribution in [0.4, 0.5) is 11.4 Å². The SMILES string of the molecule is CC[NH+](CC(=O)Nc1ccc2c(c1)OCCO2)CC(=O)Nc1c(C)cccc1C. The van der Waals surface area contributed by atoms with Gasteiger partial charge in [-0.2, -0.15) is 0 Å². The molecule has 1 aliphatic heterocycles. The van der Waals surface area contributed by atoms with E-state index in [0.29, 0.717) is 36.9 Å². The minimum atomic E-state index is -0.154. The lowest BCUT2D eigenvalue weighted by molar-refractivity contribution is -0.881. The molecule has 154 valence electrons. The number of benzene rings is 2. The van der Waals surface area contributed by atoms with E-state index >= 15 is 0 Å². The van der Waals surface area contributed by atoms with Crippen LogP contribution in [0.3, 0.4) is 0 Å². The van der Waals surface area contributed by atoms with Crippen LogP contribution in [0.1, 0.15) is 18.1 Å². The second-order valence-electron chi connectivity index (χ2n) is 7.18. The molecule has 0 saturated carbocycles. The first kappa shape index (κ1) is 20.7. The molecule has 29 heavy (non-hydrogen) atoms. The van der Waals surface area contributed by atoms with Crippen LogP contribution in [-0.2, 0) is 9.59 Å². The maximum absolute atomic E-state index is 12.5. The van der Waals surface area contributed by atoms with Gasteiger partial charge in [0.1, 0.15) is 13.2 Å². The predicted octanol–water partition coefficient (Wildman–Crippen LogP) is 1.56. The van der Waals surface area contributed by atoms with Crippen molar-refractivity contribution in [2.45, 2.75) is 20.8 Å². The van der Waals surface area contributed by atoms with Crippen molar-refractivity contribution in [3.63, 3.8) is 0 Å². The second-order valence-corrected chi connectivity index (χ2v) is 7.18. The van der Waals surface area contributed by atoms with Crippen LogP contribution in [0.5, 0.6) is 11.5 Å². The quantitative estimate of drug-likeness (QED) is 0.661. The van der Waals surface area contributed by atoms with Gasteiger partial charge in [0, 0.05) is 17.4 Å². The van der Waals surface area contributed by atoms with Crippen molar-refractivity contribution in [1.82, 2.24) is 0 Å². The minimum Gasteiger partial charge on any atom is -0.486 e. The summed E-state index contributed by atoms with van der Waals surface area (Å²) in [5.41, 5.74) is 3.53. The number of nitrogens with one attached hydrogen (secondary N) is 3. The number of likely N-dealkylation sites (N-methyl/N-ethyl adjacent to an activating group) is 1. The van der Waals surface area contributed by atoms with Gasteiger partial charge in [-0.3, -0.25) is 9.59 Å². The van der Waals surface area contributed by atoms with Gasteiger partial charge < -0.3 is 25.0 Å². The van der Waals surface area contributed by atoms with Crippen molar-refractivity contribution < 1.29 is 24.0 Å². The van der Waals surface area contributed by atoms with Crippen LogP contribution in [0.25, 0.3) is 0 Å². The highest BCUT2D eigenvalue weighted by Crippen LogP contribution is 2.32. The van der Waals surface area contributed by atoms with E-state index in [9.17, 15) is 9.59 Å². The van der Waals surface area contributed by atoms with Crippen molar-refractivity contribution in [1.29, 1.82) is 0 Å². The van der Waals surface area contributed by atoms with Gasteiger partial charge >= 0.3 is 0 Å². The molecule has 1 heterocycles. The topological polar surface area (TPSA) is 81.1 Å². The molecule has 3 rings (SSSR count). The van der Waals surface area contributed by atoms with Gasteiger partial charge in [0.05, 0.1) is 6.54 Å². The molecule has 0 radical (unpaired) electrons. The molecule has 7 heteroatoms. The highest BCUT2D eigenvalue weighted by molar-refractivity contribution is 5.94. The second kappa shape index (κ2) is 9.43. The molecular weight excluding hydrogens is 370 g/mol. The molecule has 2 amide bonds. The summed E-state index contributed by atoms with van der Waals surface area (Å²) >= 11 is 0. The van der Waals surface area contributed by atoms with Crippen LogP contribution in [0.15, 0.2) is 36.4 Å². The van der Waals surface area contributed by atoms with Crippen molar-refractivity contribution in [3.8, 4) is 11.5 Å². The Morgan fingerprint density at radius 3 is 2.21 bits per heavy atom. The number of carbonyl (C=O) groups excluding carboxylic acids is 2. The minimum absolute atomic E-state index is 0.105. The summed E-state index contributed by atoms with van der Waals surface area (Å²) in [5, 5.41) is 5.85. The third-order valence-electron chi connectivity index (χ3n) is 4.89. The van der Waals surface area contributed by atoms with Gasteiger partial charge in [0.15, 0.2) is 24.6 Å². The fourth-order valence-corrected chi connectivity index (χ4v) is 3.29. The molecule has 2 aromatic carbocycles. The van der Waals surface area contributed by atoms with Gasteiger partial charge in [0.25, 0.3) is 11.8 Å². The van der Waals surface area contributed by atoms with Crippen LogP contribution < -0.4 is 25.0 Å². The molecule has 0 saturated heterocycles. The Morgan fingerprint density at radius 1 is 0.931 bits per heavy atom. The Bertz CT molecular complexity index is 877. The first-order valence-electron chi connectivity index (χ1n) is 9.85. The number of ether oxygens (including phenoxy) is 2. The van der Waals surface area contributed by atoms with Crippen LogP contribution in [0.2, 0.25) is 0 Å². The van der Waals surface area contributed by atoms with Crippen LogP contribution in [-0.4, -0.2) is 44.7 Å². The van der Waals surface area contributed by atoms with E-state index in [1.165, 1.54) is 0 Å². The van der Waals surface area contributed by atoms with E-state index in [-0.39, 0.29) is 24.9 Å². The number of anilines is 2. The number of hydrogen-bond acceptors (Lipinski definition) is 4. The number of aryl methyl sites for hydroxylation is 2. The number of para-hydroxylation sites is 1. The normalized spacial score (nSPS) is 13.5. The Morgan fingerprint density at radius 2 is 1.55 bits per heavy atom. The maximum Gasteiger partial charge on any atom is 0.279 e. The smallest absolute Gasteiger partial charge is 0.279 e. The van der Waals surface area contributed by atoms with Gasteiger partial charge in [-0.15, -0.1) is 0 Å². The van der Waals surface area contributed by atoms with Gasteiger partial charge in [0.2, 0.25) is 0 Å². The zero-order valence-corrected chi connectivity index (χ0v) is 17.1. The third kappa shape index (κ3) is 5.48. The highest BCUT2D eigenvalue weighted by atomic mass is 16.6. The van der Waals surface area contributed by atoms with Gasteiger partial charge in [-0.05, 0) is 44.0 Å². The predicted molar refractivity (Wildman–Crippen MR) is 112 cm³/mol. The summed E-state index contributed by atoms with van der Waals surface area (Å²) in [5.74, 6) is 1.05. The lowest BCUT2D eigenvalue weighted by Crippen LogP contribution is -3.13. The summed E-state index contributed by atoms with van der Waals surface area (Å²) in [4.78, 5) is 25.8. The molecule has 2 aromatic rings. The van der Waals surface area contributed by atoms with E-state index in [0.717, 1.165) is 21.7 Å². The largest absolute Gasteiger partial charge is 0.486 e. The molecule has 0 fully saturated rings. The van der Waals surface area contributed by atoms with Crippen molar-refractivity contribution in [3.05, 3.63) is 47.5 Å². The Labute approximate surface area is 171 Å². The van der Waals surface area contributed by atoms with Gasteiger partial charge in [-0.25, -0.2) is 0 Å². The number of hydrogen-bond donors (Lipinski definition) is 3. The molecule has 1 atom stereocenters. The molecular formula is C22H28N3O4+. The number of carbonyl (C=O) groups is 2. The Balaban J connectivity index is 1.55. The van der Waals surface area contributed by atoms with E-state index < -0.39 is 0 Å². The number of rotatable bonds is 7. The number of amides is 2. The van der Waals surface area contributed by atoms with Crippen molar-refractivity contribution >= 4 is 23.2 Å². The average molecular weight is 398 g/mol. The summed E-state index contributed by atoms with van der Waals surface area (Å²) in [6.45, 7) is 7.99. The molecule has 7 nitrogen and oxygen atoms in total. The first-order valence-corrected chi connectivity index (χ1v) is 9.85. The van der Waals surface area contributed by atoms with Gasteiger partial charge in [-0.1, -0.05) is 18.2 Å². The molecule has 3 N–H and O–H groups in total. The summed E-state index contributed by atoms with van der Waals surface area (Å²) in [6, 6.07) is 11.2. The lowest BCUT2D eigenvalue weighted by atomic mass is 10.1. The third-order valence-corrected chi connectivity index (χ3v) is 4.89. The summed E-state index contributed by atoms with van der Waals surface area (Å²) in [7, 11) is 0. The van der Waals surface area contributed by atoms with Crippen molar-refractivity contribution in [2.24, 2.45) is 0 Å². The Hall–Kier alpha value is -3.06.